The summed E-state index contributed by atoms with van der Waals surface area (Å²) in [5, 5.41) is 10.3. The van der Waals surface area contributed by atoms with E-state index in [-0.39, 0.29) is 17.2 Å². The highest BCUT2D eigenvalue weighted by Gasteiger charge is 2.52. The van der Waals surface area contributed by atoms with Crippen LogP contribution in [-0.2, 0) is 26.4 Å². The van der Waals surface area contributed by atoms with Crippen molar-refractivity contribution < 1.29 is 23.1 Å². The average Bonchev–Trinajstić information content (AvgIpc) is 3.22. The number of carbonyl (C=O) groups is 2. The van der Waals surface area contributed by atoms with E-state index in [2.05, 4.69) is 34.3 Å². The van der Waals surface area contributed by atoms with E-state index in [4.69, 9.17) is 4.74 Å². The standard InChI is InChI=1S/C24H32F2N4O3S/c1-23(2)18-16(19(29-28-18)27-21(32)24(12-9-13-24)34(3,4)5)14-30(23)20(31)17(33-22(25)26)15-10-7-6-8-11-15/h6-8,10-11,17,22H,9,12-14H2,1-5H3,(H2,27,28,29,32). The molecule has 2 N–H and O–H groups in total. The molecule has 1 atom stereocenters. The predicted molar refractivity (Wildman–Crippen MR) is 129 cm³/mol. The summed E-state index contributed by atoms with van der Waals surface area (Å²) in [5.74, 6) is -0.223. The third kappa shape index (κ3) is 4.00. The number of alkyl halides is 2. The van der Waals surface area contributed by atoms with Gasteiger partial charge in [-0.1, -0.05) is 30.3 Å². The molecule has 10 heteroatoms. The summed E-state index contributed by atoms with van der Waals surface area (Å²) in [6.07, 6.45) is 7.73. The van der Waals surface area contributed by atoms with Crippen molar-refractivity contribution in [2.24, 2.45) is 0 Å². The zero-order valence-electron chi connectivity index (χ0n) is 20.2. The molecule has 186 valence electrons. The largest absolute Gasteiger partial charge is 0.346 e. The Balaban J connectivity index is 1.60. The predicted octanol–water partition coefficient (Wildman–Crippen LogP) is 4.52. The molecule has 1 aromatic heterocycles. The first kappa shape index (κ1) is 24.7. The summed E-state index contributed by atoms with van der Waals surface area (Å²) in [4.78, 5) is 28.3. The molecule has 2 amide bonds. The van der Waals surface area contributed by atoms with Crippen LogP contribution in [0.15, 0.2) is 30.3 Å². The van der Waals surface area contributed by atoms with Gasteiger partial charge in [-0.15, -0.1) is 0 Å². The Bertz CT molecular complexity index is 1080. The van der Waals surface area contributed by atoms with Crippen LogP contribution >= 0.6 is 10.0 Å². The molecule has 4 rings (SSSR count). The number of rotatable bonds is 7. The average molecular weight is 495 g/mol. The molecular weight excluding hydrogens is 462 g/mol. The highest BCUT2D eigenvalue weighted by molar-refractivity contribution is 8.33. The molecule has 2 aliphatic rings. The summed E-state index contributed by atoms with van der Waals surface area (Å²) in [5.41, 5.74) is 0.857. The zero-order chi connectivity index (χ0) is 24.9. The number of fused-ring (bicyclic) bond motifs is 1. The minimum absolute atomic E-state index is 0.0404. The second-order valence-electron chi connectivity index (χ2n) is 10.2. The molecule has 7 nitrogen and oxygen atoms in total. The van der Waals surface area contributed by atoms with Crippen molar-refractivity contribution in [2.45, 2.75) is 62.7 Å². The third-order valence-corrected chi connectivity index (χ3v) is 10.2. The quantitative estimate of drug-likeness (QED) is 0.592. The maximum atomic E-state index is 13.5. The first-order valence-corrected chi connectivity index (χ1v) is 14.1. The van der Waals surface area contributed by atoms with Crippen LogP contribution in [0.3, 0.4) is 0 Å². The number of halogens is 2. The van der Waals surface area contributed by atoms with Crippen LogP contribution in [0.5, 0.6) is 0 Å². The van der Waals surface area contributed by atoms with Gasteiger partial charge in [0.2, 0.25) is 5.91 Å². The Morgan fingerprint density at radius 2 is 1.82 bits per heavy atom. The van der Waals surface area contributed by atoms with Gasteiger partial charge in [-0.2, -0.15) is 13.9 Å². The molecule has 0 radical (unpaired) electrons. The normalized spacial score (nSPS) is 19.9. The number of anilines is 1. The molecule has 2 aromatic rings. The summed E-state index contributed by atoms with van der Waals surface area (Å²) in [7, 11) is -1.15. The first-order valence-electron chi connectivity index (χ1n) is 11.3. The van der Waals surface area contributed by atoms with Gasteiger partial charge in [0.05, 0.1) is 22.5 Å². The van der Waals surface area contributed by atoms with Gasteiger partial charge in [0, 0.05) is 5.56 Å². The van der Waals surface area contributed by atoms with E-state index in [1.807, 2.05) is 13.8 Å². The molecule has 1 aliphatic carbocycles. The molecule has 1 aromatic carbocycles. The molecule has 2 heterocycles. The number of nitrogens with one attached hydrogen (secondary N) is 2. The summed E-state index contributed by atoms with van der Waals surface area (Å²) >= 11 is 0. The molecule has 0 spiro atoms. The number of aromatic amines is 1. The number of nitrogens with zero attached hydrogens (tertiary/aromatic N) is 2. The Morgan fingerprint density at radius 3 is 2.35 bits per heavy atom. The number of aromatic nitrogens is 2. The van der Waals surface area contributed by atoms with Gasteiger partial charge in [0.15, 0.2) is 11.9 Å². The lowest BCUT2D eigenvalue weighted by atomic mass is 9.83. The summed E-state index contributed by atoms with van der Waals surface area (Å²) in [6, 6.07) is 8.27. The molecule has 34 heavy (non-hydrogen) atoms. The van der Waals surface area contributed by atoms with E-state index in [1.54, 1.807) is 30.3 Å². The van der Waals surface area contributed by atoms with E-state index in [0.29, 0.717) is 22.6 Å². The Morgan fingerprint density at radius 1 is 1.18 bits per heavy atom. The van der Waals surface area contributed by atoms with Gasteiger partial charge in [-0.05, 0) is 57.4 Å². The van der Waals surface area contributed by atoms with Gasteiger partial charge in [0.25, 0.3) is 5.91 Å². The van der Waals surface area contributed by atoms with E-state index in [0.717, 1.165) is 19.3 Å². The van der Waals surface area contributed by atoms with Crippen molar-refractivity contribution >= 4 is 27.7 Å². The maximum Gasteiger partial charge on any atom is 0.346 e. The van der Waals surface area contributed by atoms with Crippen LogP contribution in [0.1, 0.15) is 56.0 Å². The fourth-order valence-electron chi connectivity index (χ4n) is 4.96. The van der Waals surface area contributed by atoms with Crippen molar-refractivity contribution in [2.75, 3.05) is 24.1 Å². The number of hydrogen-bond acceptors (Lipinski definition) is 4. The second kappa shape index (κ2) is 8.64. The van der Waals surface area contributed by atoms with Crippen LogP contribution in [0.2, 0.25) is 0 Å². The second-order valence-corrected chi connectivity index (χ2v) is 14.7. The Labute approximate surface area is 199 Å². The van der Waals surface area contributed by atoms with E-state index in [1.165, 1.54) is 4.90 Å². The molecule has 1 aliphatic heterocycles. The highest BCUT2D eigenvalue weighted by atomic mass is 32.3. The van der Waals surface area contributed by atoms with Crippen LogP contribution < -0.4 is 5.32 Å². The lowest BCUT2D eigenvalue weighted by molar-refractivity contribution is -0.187. The topological polar surface area (TPSA) is 87.3 Å². The molecule has 1 fully saturated rings. The number of carbonyl (C=O) groups excluding carboxylic acids is 2. The van der Waals surface area contributed by atoms with Gasteiger partial charge in [-0.25, -0.2) is 10.0 Å². The monoisotopic (exact) mass is 494 g/mol. The van der Waals surface area contributed by atoms with Gasteiger partial charge >= 0.3 is 6.61 Å². The van der Waals surface area contributed by atoms with E-state index < -0.39 is 34.2 Å². The fourth-order valence-corrected chi connectivity index (χ4v) is 7.08. The Kier molecular flexibility index (Phi) is 6.27. The lowest BCUT2D eigenvalue weighted by Crippen LogP contribution is -2.51. The number of ether oxygens (including phenoxy) is 1. The van der Waals surface area contributed by atoms with Crippen molar-refractivity contribution in [1.82, 2.24) is 15.1 Å². The van der Waals surface area contributed by atoms with Crippen LogP contribution in [0.25, 0.3) is 0 Å². The number of hydrogen-bond donors (Lipinski definition) is 2. The summed E-state index contributed by atoms with van der Waals surface area (Å²) < 4.78 is 30.8. The first-order chi connectivity index (χ1) is 15.9. The van der Waals surface area contributed by atoms with Crippen LogP contribution in [0.4, 0.5) is 14.6 Å². The minimum Gasteiger partial charge on any atom is -0.325 e. The smallest absolute Gasteiger partial charge is 0.325 e. The van der Waals surface area contributed by atoms with Gasteiger partial charge in [-0.3, -0.25) is 14.7 Å². The third-order valence-electron chi connectivity index (χ3n) is 7.28. The van der Waals surface area contributed by atoms with E-state index >= 15 is 0 Å². The zero-order valence-corrected chi connectivity index (χ0v) is 21.0. The molecule has 0 saturated heterocycles. The molecule has 1 unspecified atom stereocenters. The SMILES string of the molecule is CC1(C)c2[nH]nc(NC(=O)C3(S(C)(C)C)CCC3)c2CN1C(=O)C(OC(F)F)c1ccccc1. The van der Waals surface area contributed by atoms with Crippen molar-refractivity contribution in [3.05, 3.63) is 47.2 Å². The van der Waals surface area contributed by atoms with Crippen molar-refractivity contribution in [3.63, 3.8) is 0 Å². The van der Waals surface area contributed by atoms with E-state index in [9.17, 15) is 18.4 Å². The minimum atomic E-state index is -3.10. The number of benzene rings is 1. The fraction of sp³-hybridized carbons (Fsp3) is 0.542. The molecule has 1 saturated carbocycles. The lowest BCUT2D eigenvalue weighted by Gasteiger charge is -2.53. The van der Waals surface area contributed by atoms with Crippen molar-refractivity contribution in [1.29, 1.82) is 0 Å². The van der Waals surface area contributed by atoms with Gasteiger partial charge in [0.1, 0.15) is 0 Å². The maximum absolute atomic E-state index is 13.5. The number of amides is 2. The highest BCUT2D eigenvalue weighted by Crippen LogP contribution is 2.60. The van der Waals surface area contributed by atoms with Crippen molar-refractivity contribution in [3.8, 4) is 0 Å². The van der Waals surface area contributed by atoms with Crippen LogP contribution in [-0.4, -0.2) is 57.0 Å². The number of H-pyrrole nitrogens is 1. The summed E-state index contributed by atoms with van der Waals surface area (Å²) in [6.45, 7) is 0.654. The van der Waals surface area contributed by atoms with Crippen LogP contribution in [0, 0.1) is 0 Å². The van der Waals surface area contributed by atoms with Gasteiger partial charge < -0.3 is 15.0 Å². The molecule has 0 bridgehead atoms. The Hall–Kier alpha value is -2.46. The molecular formula is C24H32F2N4O3S.